The molecule has 0 radical (unpaired) electrons. The summed E-state index contributed by atoms with van der Waals surface area (Å²) in [7, 11) is 0. The summed E-state index contributed by atoms with van der Waals surface area (Å²) in [5.41, 5.74) is 0.621. The van der Waals surface area contributed by atoms with Crippen LogP contribution in [0, 0.1) is 5.92 Å². The lowest BCUT2D eigenvalue weighted by Gasteiger charge is -2.35. The molecule has 0 aromatic heterocycles. The van der Waals surface area contributed by atoms with Gasteiger partial charge in [0.2, 0.25) is 0 Å². The highest BCUT2D eigenvalue weighted by molar-refractivity contribution is 5.89. The van der Waals surface area contributed by atoms with Crippen LogP contribution in [0.3, 0.4) is 0 Å². The molecule has 1 aliphatic rings. The monoisotopic (exact) mass is 316 g/mol. The SMILES string of the molecule is C=C(C)C(=O)OC(C)C(=O)OC1(c2ccccc2)CCCC1C. The number of carbonyl (C=O) groups excluding carboxylic acids is 2. The van der Waals surface area contributed by atoms with Crippen LogP contribution in [-0.4, -0.2) is 18.0 Å². The van der Waals surface area contributed by atoms with Crippen LogP contribution in [0.1, 0.15) is 45.6 Å². The van der Waals surface area contributed by atoms with E-state index in [2.05, 4.69) is 13.5 Å². The maximum atomic E-state index is 12.5. The average Bonchev–Trinajstić information content (AvgIpc) is 2.89. The molecule has 1 aliphatic carbocycles. The molecule has 124 valence electrons. The van der Waals surface area contributed by atoms with E-state index >= 15 is 0 Å². The van der Waals surface area contributed by atoms with Gasteiger partial charge in [0.1, 0.15) is 5.60 Å². The maximum Gasteiger partial charge on any atom is 0.348 e. The number of hydrogen-bond donors (Lipinski definition) is 0. The molecule has 1 fully saturated rings. The van der Waals surface area contributed by atoms with E-state index in [0.29, 0.717) is 0 Å². The van der Waals surface area contributed by atoms with Crippen molar-refractivity contribution in [3.05, 3.63) is 48.0 Å². The Morgan fingerprint density at radius 2 is 1.96 bits per heavy atom. The molecule has 3 unspecified atom stereocenters. The Balaban J connectivity index is 2.18. The first-order chi connectivity index (χ1) is 10.9. The minimum absolute atomic E-state index is 0.220. The van der Waals surface area contributed by atoms with E-state index in [-0.39, 0.29) is 11.5 Å². The molecule has 4 heteroatoms. The highest BCUT2D eigenvalue weighted by Gasteiger charge is 2.46. The Labute approximate surface area is 137 Å². The van der Waals surface area contributed by atoms with Gasteiger partial charge >= 0.3 is 11.9 Å². The second kappa shape index (κ2) is 6.99. The summed E-state index contributed by atoms with van der Waals surface area (Å²) in [6.07, 6.45) is 1.84. The van der Waals surface area contributed by atoms with Crippen molar-refractivity contribution in [1.29, 1.82) is 0 Å². The second-order valence-corrected chi connectivity index (χ2v) is 6.30. The Kier molecular flexibility index (Phi) is 5.24. The van der Waals surface area contributed by atoms with Gasteiger partial charge < -0.3 is 9.47 Å². The summed E-state index contributed by atoms with van der Waals surface area (Å²) in [4.78, 5) is 24.0. The summed E-state index contributed by atoms with van der Waals surface area (Å²) in [6.45, 7) is 8.69. The Hall–Kier alpha value is -2.10. The van der Waals surface area contributed by atoms with E-state index in [1.165, 1.54) is 6.92 Å². The highest BCUT2D eigenvalue weighted by Crippen LogP contribution is 2.46. The molecule has 0 bridgehead atoms. The van der Waals surface area contributed by atoms with E-state index in [0.717, 1.165) is 24.8 Å². The topological polar surface area (TPSA) is 52.6 Å². The summed E-state index contributed by atoms with van der Waals surface area (Å²) >= 11 is 0. The summed E-state index contributed by atoms with van der Waals surface area (Å²) in [5.74, 6) is -0.877. The lowest BCUT2D eigenvalue weighted by Crippen LogP contribution is -2.39. The zero-order chi connectivity index (χ0) is 17.0. The van der Waals surface area contributed by atoms with Crippen LogP contribution in [0.4, 0.5) is 0 Å². The molecule has 0 amide bonds. The fourth-order valence-electron chi connectivity index (χ4n) is 3.08. The van der Waals surface area contributed by atoms with Gasteiger partial charge in [-0.15, -0.1) is 0 Å². The largest absolute Gasteiger partial charge is 0.451 e. The second-order valence-electron chi connectivity index (χ2n) is 6.30. The molecule has 0 heterocycles. The van der Waals surface area contributed by atoms with Crippen molar-refractivity contribution in [2.45, 2.75) is 51.7 Å². The normalized spacial score (nSPS) is 24.7. The smallest absolute Gasteiger partial charge is 0.348 e. The molecule has 0 N–H and O–H groups in total. The third-order valence-corrected chi connectivity index (χ3v) is 4.49. The maximum absolute atomic E-state index is 12.5. The first-order valence-corrected chi connectivity index (χ1v) is 8.01. The molecule has 23 heavy (non-hydrogen) atoms. The van der Waals surface area contributed by atoms with Gasteiger partial charge in [-0.25, -0.2) is 9.59 Å². The van der Waals surface area contributed by atoms with Crippen molar-refractivity contribution in [3.63, 3.8) is 0 Å². The zero-order valence-electron chi connectivity index (χ0n) is 14.0. The van der Waals surface area contributed by atoms with Crippen LogP contribution in [0.5, 0.6) is 0 Å². The van der Waals surface area contributed by atoms with E-state index in [9.17, 15) is 9.59 Å². The van der Waals surface area contributed by atoms with E-state index < -0.39 is 23.6 Å². The van der Waals surface area contributed by atoms with Crippen molar-refractivity contribution in [1.82, 2.24) is 0 Å². The molecule has 3 atom stereocenters. The van der Waals surface area contributed by atoms with Gasteiger partial charge in [0.25, 0.3) is 0 Å². The van der Waals surface area contributed by atoms with Gasteiger partial charge in [-0.05, 0) is 38.7 Å². The lowest BCUT2D eigenvalue weighted by atomic mass is 9.84. The Morgan fingerprint density at radius 1 is 1.30 bits per heavy atom. The van der Waals surface area contributed by atoms with E-state index in [1.807, 2.05) is 30.3 Å². The summed E-state index contributed by atoms with van der Waals surface area (Å²) in [5, 5.41) is 0. The average molecular weight is 316 g/mol. The van der Waals surface area contributed by atoms with Gasteiger partial charge in [0.15, 0.2) is 6.10 Å². The van der Waals surface area contributed by atoms with E-state index in [1.54, 1.807) is 6.92 Å². The third kappa shape index (κ3) is 3.63. The molecular weight excluding hydrogens is 292 g/mol. The first-order valence-electron chi connectivity index (χ1n) is 8.01. The zero-order valence-corrected chi connectivity index (χ0v) is 14.0. The number of carbonyl (C=O) groups is 2. The molecule has 0 spiro atoms. The number of benzene rings is 1. The highest BCUT2D eigenvalue weighted by atomic mass is 16.6. The lowest BCUT2D eigenvalue weighted by molar-refractivity contribution is -0.181. The van der Waals surface area contributed by atoms with Gasteiger partial charge in [0, 0.05) is 11.5 Å². The number of esters is 2. The van der Waals surface area contributed by atoms with Gasteiger partial charge in [0.05, 0.1) is 0 Å². The minimum Gasteiger partial charge on any atom is -0.451 e. The predicted octanol–water partition coefficient (Wildman–Crippen LogP) is 3.75. The van der Waals surface area contributed by atoms with Crippen LogP contribution in [0.25, 0.3) is 0 Å². The summed E-state index contributed by atoms with van der Waals surface area (Å²) < 4.78 is 11.0. The standard InChI is InChI=1S/C19H24O4/c1-13(2)17(20)22-15(4)18(21)23-19(12-8-9-14(19)3)16-10-6-5-7-11-16/h5-7,10-11,14-15H,1,8-9,12H2,2-4H3. The molecule has 4 nitrogen and oxygen atoms in total. The van der Waals surface area contributed by atoms with E-state index in [4.69, 9.17) is 9.47 Å². The van der Waals surface area contributed by atoms with Crippen molar-refractivity contribution in [3.8, 4) is 0 Å². The predicted molar refractivity (Wildman–Crippen MR) is 87.6 cm³/mol. The van der Waals surface area contributed by atoms with Gasteiger partial charge in [-0.1, -0.05) is 43.8 Å². The quantitative estimate of drug-likeness (QED) is 0.613. The van der Waals surface area contributed by atoms with Crippen LogP contribution < -0.4 is 0 Å². The Morgan fingerprint density at radius 3 is 2.48 bits per heavy atom. The molecule has 1 aromatic rings. The first kappa shape index (κ1) is 17.3. The number of hydrogen-bond acceptors (Lipinski definition) is 4. The van der Waals surface area contributed by atoms with Crippen LogP contribution >= 0.6 is 0 Å². The number of ether oxygens (including phenoxy) is 2. The fourth-order valence-corrected chi connectivity index (χ4v) is 3.08. The molecule has 0 aliphatic heterocycles. The fraction of sp³-hybridized carbons (Fsp3) is 0.474. The van der Waals surface area contributed by atoms with Crippen molar-refractivity contribution >= 4 is 11.9 Å². The number of rotatable bonds is 5. The molecule has 1 saturated carbocycles. The van der Waals surface area contributed by atoms with Crippen LogP contribution in [0.2, 0.25) is 0 Å². The van der Waals surface area contributed by atoms with Crippen LogP contribution in [0.15, 0.2) is 42.5 Å². The van der Waals surface area contributed by atoms with Gasteiger partial charge in [-0.3, -0.25) is 0 Å². The minimum atomic E-state index is -0.951. The molecule has 0 saturated heterocycles. The van der Waals surface area contributed by atoms with Crippen molar-refractivity contribution in [2.24, 2.45) is 5.92 Å². The Bertz CT molecular complexity index is 593. The van der Waals surface area contributed by atoms with Crippen molar-refractivity contribution < 1.29 is 19.1 Å². The third-order valence-electron chi connectivity index (χ3n) is 4.49. The molecular formula is C19H24O4. The van der Waals surface area contributed by atoms with Gasteiger partial charge in [-0.2, -0.15) is 0 Å². The molecule has 2 rings (SSSR count). The van der Waals surface area contributed by atoms with Crippen LogP contribution in [-0.2, 0) is 24.7 Å². The molecule has 1 aromatic carbocycles. The van der Waals surface area contributed by atoms with Crippen molar-refractivity contribution in [2.75, 3.05) is 0 Å². The summed E-state index contributed by atoms with van der Waals surface area (Å²) in [6, 6.07) is 9.80.